The van der Waals surface area contributed by atoms with Crippen LogP contribution in [0.1, 0.15) is 46.0 Å². The Bertz CT molecular complexity index is 1290. The predicted molar refractivity (Wildman–Crippen MR) is 117 cm³/mol. The van der Waals surface area contributed by atoms with Crippen molar-refractivity contribution in [3.05, 3.63) is 93.9 Å². The molecule has 32 heavy (non-hydrogen) atoms. The summed E-state index contributed by atoms with van der Waals surface area (Å²) in [4.78, 5) is 15.4. The van der Waals surface area contributed by atoms with E-state index in [2.05, 4.69) is 32.0 Å². The quantitative estimate of drug-likeness (QED) is 0.545. The van der Waals surface area contributed by atoms with Crippen LogP contribution in [-0.4, -0.2) is 22.7 Å². The molecule has 0 saturated heterocycles. The number of hydrogen-bond donors (Lipinski definition) is 0. The molecular weight excluding hydrogens is 413 g/mol. The van der Waals surface area contributed by atoms with Crippen molar-refractivity contribution in [1.82, 2.24) is 9.97 Å². The van der Waals surface area contributed by atoms with E-state index in [1.807, 2.05) is 12.1 Å². The molecule has 3 heterocycles. The van der Waals surface area contributed by atoms with Gasteiger partial charge in [-0.15, -0.1) is 0 Å². The van der Waals surface area contributed by atoms with Crippen molar-refractivity contribution in [2.75, 3.05) is 11.4 Å². The highest BCUT2D eigenvalue weighted by molar-refractivity contribution is 5.91. The Hall–Kier alpha value is -3.48. The van der Waals surface area contributed by atoms with Crippen LogP contribution in [0.5, 0.6) is 0 Å². The summed E-state index contributed by atoms with van der Waals surface area (Å²) in [5.41, 5.74) is 6.56. The van der Waals surface area contributed by atoms with Gasteiger partial charge in [-0.1, -0.05) is 36.4 Å². The number of nitrogens with zero attached hydrogens (tertiary/aromatic N) is 4. The summed E-state index contributed by atoms with van der Waals surface area (Å²) in [5.74, 6) is 0.737. The van der Waals surface area contributed by atoms with Gasteiger partial charge in [0.2, 0.25) is 0 Å². The van der Waals surface area contributed by atoms with Gasteiger partial charge in [0.15, 0.2) is 0 Å². The standard InChI is InChI=1S/C25H19F3N4/c26-25(27,28)17-6-3-5-16(10-17)23-20-11-15-4-1-2-7-18(15)19(20)8-9-32(23)24-21-12-29-13-22(21)30-14-31-24/h1-7,10,12,14,23H,8-9,11,13H2. The molecule has 0 amide bonds. The summed E-state index contributed by atoms with van der Waals surface area (Å²) >= 11 is 0. The molecule has 0 radical (unpaired) electrons. The zero-order chi connectivity index (χ0) is 21.9. The lowest BCUT2D eigenvalue weighted by atomic mass is 9.87. The van der Waals surface area contributed by atoms with E-state index in [-0.39, 0.29) is 6.04 Å². The minimum atomic E-state index is -4.39. The van der Waals surface area contributed by atoms with Crippen molar-refractivity contribution in [2.45, 2.75) is 31.6 Å². The van der Waals surface area contributed by atoms with E-state index >= 15 is 0 Å². The smallest absolute Gasteiger partial charge is 0.345 e. The summed E-state index contributed by atoms with van der Waals surface area (Å²) < 4.78 is 40.7. The molecule has 1 aliphatic carbocycles. The highest BCUT2D eigenvalue weighted by atomic mass is 19.4. The molecule has 3 aromatic rings. The third kappa shape index (κ3) is 2.95. The molecule has 1 aromatic heterocycles. The van der Waals surface area contributed by atoms with Crippen molar-refractivity contribution in [3.63, 3.8) is 0 Å². The number of benzene rings is 2. The number of aliphatic imine (C=N–C) groups is 1. The molecule has 3 aliphatic rings. The average molecular weight is 432 g/mol. The summed E-state index contributed by atoms with van der Waals surface area (Å²) in [7, 11) is 0. The van der Waals surface area contributed by atoms with Crippen molar-refractivity contribution < 1.29 is 13.2 Å². The molecule has 160 valence electrons. The summed E-state index contributed by atoms with van der Waals surface area (Å²) in [6, 6.07) is 13.6. The molecule has 1 unspecified atom stereocenters. The fraction of sp³-hybridized carbons (Fsp3) is 0.240. The maximum absolute atomic E-state index is 13.6. The normalized spacial score (nSPS) is 19.2. The fourth-order valence-electron chi connectivity index (χ4n) is 5.19. The molecule has 4 nitrogen and oxygen atoms in total. The van der Waals surface area contributed by atoms with Gasteiger partial charge in [-0.3, -0.25) is 4.99 Å². The lowest BCUT2D eigenvalue weighted by molar-refractivity contribution is -0.137. The van der Waals surface area contributed by atoms with Crippen molar-refractivity contribution >= 4 is 17.6 Å². The first kappa shape index (κ1) is 19.2. The molecule has 0 N–H and O–H groups in total. The number of anilines is 1. The zero-order valence-corrected chi connectivity index (χ0v) is 17.1. The molecule has 0 bridgehead atoms. The molecule has 0 saturated carbocycles. The molecule has 2 aromatic carbocycles. The maximum Gasteiger partial charge on any atom is 0.416 e. The van der Waals surface area contributed by atoms with Crippen molar-refractivity contribution in [2.24, 2.45) is 4.99 Å². The third-order valence-electron chi connectivity index (χ3n) is 6.56. The van der Waals surface area contributed by atoms with Crippen LogP contribution in [0.3, 0.4) is 0 Å². The van der Waals surface area contributed by atoms with E-state index in [1.54, 1.807) is 12.3 Å². The van der Waals surface area contributed by atoms with Crippen molar-refractivity contribution in [3.8, 4) is 0 Å². The number of aromatic nitrogens is 2. The monoisotopic (exact) mass is 432 g/mol. The number of hydrogen-bond acceptors (Lipinski definition) is 4. The second kappa shape index (κ2) is 7.02. The minimum Gasteiger partial charge on any atom is -0.345 e. The van der Waals surface area contributed by atoms with E-state index in [4.69, 9.17) is 0 Å². The van der Waals surface area contributed by atoms with Gasteiger partial charge in [0.25, 0.3) is 0 Å². The van der Waals surface area contributed by atoms with E-state index in [0.717, 1.165) is 41.6 Å². The largest absolute Gasteiger partial charge is 0.416 e. The molecule has 6 rings (SSSR count). The van der Waals surface area contributed by atoms with Gasteiger partial charge in [0.1, 0.15) is 12.1 Å². The van der Waals surface area contributed by atoms with Gasteiger partial charge in [0.05, 0.1) is 29.4 Å². The first-order valence-electron chi connectivity index (χ1n) is 10.6. The van der Waals surface area contributed by atoms with E-state index in [9.17, 15) is 13.2 Å². The van der Waals surface area contributed by atoms with Crippen LogP contribution in [0.4, 0.5) is 19.0 Å². The Morgan fingerprint density at radius 1 is 1.00 bits per heavy atom. The Morgan fingerprint density at radius 2 is 1.88 bits per heavy atom. The van der Waals surface area contributed by atoms with E-state index in [0.29, 0.717) is 18.7 Å². The highest BCUT2D eigenvalue weighted by Gasteiger charge is 2.38. The van der Waals surface area contributed by atoms with Gasteiger partial charge in [-0.25, -0.2) is 9.97 Å². The topological polar surface area (TPSA) is 41.4 Å². The summed E-state index contributed by atoms with van der Waals surface area (Å²) in [6.07, 6.45) is 0.455. The molecule has 0 fully saturated rings. The van der Waals surface area contributed by atoms with Crippen LogP contribution in [0, 0.1) is 0 Å². The first-order chi connectivity index (χ1) is 15.5. The first-order valence-corrected chi connectivity index (χ1v) is 10.6. The van der Waals surface area contributed by atoms with Crippen LogP contribution >= 0.6 is 0 Å². The molecule has 7 heteroatoms. The minimum absolute atomic E-state index is 0.332. The lowest BCUT2D eigenvalue weighted by Gasteiger charge is -2.39. The average Bonchev–Trinajstić information content (AvgIpc) is 3.42. The van der Waals surface area contributed by atoms with Crippen LogP contribution < -0.4 is 4.90 Å². The lowest BCUT2D eigenvalue weighted by Crippen LogP contribution is -2.36. The second-order valence-corrected chi connectivity index (χ2v) is 8.33. The van der Waals surface area contributed by atoms with E-state index < -0.39 is 11.7 Å². The third-order valence-corrected chi connectivity index (χ3v) is 6.56. The number of alkyl halides is 3. The van der Waals surface area contributed by atoms with Crippen molar-refractivity contribution in [1.29, 1.82) is 0 Å². The van der Waals surface area contributed by atoms with Gasteiger partial charge < -0.3 is 4.90 Å². The van der Waals surface area contributed by atoms with Gasteiger partial charge in [0, 0.05) is 12.8 Å². The Morgan fingerprint density at radius 3 is 2.75 bits per heavy atom. The maximum atomic E-state index is 13.6. The van der Waals surface area contributed by atoms with Crippen LogP contribution in [0.25, 0.3) is 5.57 Å². The zero-order valence-electron chi connectivity index (χ0n) is 17.1. The Balaban J connectivity index is 1.53. The SMILES string of the molecule is FC(F)(F)c1cccc(C2C3=C(CCN2c2ncnc4c2C=NC4)c2ccccc2C3)c1. The predicted octanol–water partition coefficient (Wildman–Crippen LogP) is 5.39. The van der Waals surface area contributed by atoms with Gasteiger partial charge in [-0.2, -0.15) is 13.2 Å². The van der Waals surface area contributed by atoms with Crippen LogP contribution in [0.15, 0.2) is 65.4 Å². The Kier molecular flexibility index (Phi) is 4.22. The molecule has 0 spiro atoms. The number of fused-ring (bicyclic) bond motifs is 3. The summed E-state index contributed by atoms with van der Waals surface area (Å²) in [5, 5.41) is 0. The molecular formula is C25H19F3N4. The Labute approximate surface area is 183 Å². The molecule has 2 aliphatic heterocycles. The van der Waals surface area contributed by atoms with Gasteiger partial charge in [-0.05, 0) is 52.8 Å². The van der Waals surface area contributed by atoms with Crippen LogP contribution in [0.2, 0.25) is 0 Å². The second-order valence-electron chi connectivity index (χ2n) is 8.33. The van der Waals surface area contributed by atoms with Crippen LogP contribution in [-0.2, 0) is 19.1 Å². The summed E-state index contributed by atoms with van der Waals surface area (Å²) in [6.45, 7) is 1.16. The molecule has 1 atom stereocenters. The highest BCUT2D eigenvalue weighted by Crippen LogP contribution is 2.48. The number of rotatable bonds is 2. The van der Waals surface area contributed by atoms with E-state index in [1.165, 1.54) is 35.2 Å². The van der Waals surface area contributed by atoms with Gasteiger partial charge >= 0.3 is 6.18 Å². The number of halogens is 3. The fourth-order valence-corrected chi connectivity index (χ4v) is 5.19.